The van der Waals surface area contributed by atoms with Gasteiger partial charge < -0.3 is 5.32 Å². The zero-order valence-corrected chi connectivity index (χ0v) is 9.47. The van der Waals surface area contributed by atoms with E-state index in [0.717, 1.165) is 12.3 Å². The number of nitrogens with one attached hydrogen (secondary N) is 1. The SMILES string of the molecule is C=CCCCC(NC)C(CC)CC. The van der Waals surface area contributed by atoms with E-state index in [4.69, 9.17) is 0 Å². The first-order chi connectivity index (χ1) is 6.29. The maximum atomic E-state index is 3.75. The Kier molecular flexibility index (Phi) is 8.11. The highest BCUT2D eigenvalue weighted by atomic mass is 14.9. The second-order valence-electron chi connectivity index (χ2n) is 3.69. The lowest BCUT2D eigenvalue weighted by molar-refractivity contribution is 0.329. The Morgan fingerprint density at radius 1 is 1.31 bits per heavy atom. The Hall–Kier alpha value is -0.300. The van der Waals surface area contributed by atoms with E-state index in [2.05, 4.69) is 32.8 Å². The third kappa shape index (κ3) is 5.09. The number of hydrogen-bond acceptors (Lipinski definition) is 1. The summed E-state index contributed by atoms with van der Waals surface area (Å²) >= 11 is 0. The predicted octanol–water partition coefficient (Wildman–Crippen LogP) is 3.37. The third-order valence-electron chi connectivity index (χ3n) is 2.91. The van der Waals surface area contributed by atoms with E-state index in [9.17, 15) is 0 Å². The monoisotopic (exact) mass is 183 g/mol. The average Bonchev–Trinajstić information content (AvgIpc) is 2.17. The molecule has 0 aromatic heterocycles. The minimum Gasteiger partial charge on any atom is -0.317 e. The molecule has 13 heavy (non-hydrogen) atoms. The summed E-state index contributed by atoms with van der Waals surface area (Å²) in [6.07, 6.45) is 8.30. The van der Waals surface area contributed by atoms with Crippen molar-refractivity contribution in [3.05, 3.63) is 12.7 Å². The molecule has 0 saturated carbocycles. The van der Waals surface area contributed by atoms with Crippen LogP contribution in [0.5, 0.6) is 0 Å². The molecule has 1 N–H and O–H groups in total. The molecule has 0 aromatic carbocycles. The number of hydrogen-bond donors (Lipinski definition) is 1. The lowest BCUT2D eigenvalue weighted by Crippen LogP contribution is -2.32. The van der Waals surface area contributed by atoms with Gasteiger partial charge in [-0.1, -0.05) is 32.8 Å². The molecule has 78 valence electrons. The molecule has 0 rings (SSSR count). The molecular formula is C12H25N. The van der Waals surface area contributed by atoms with Crippen molar-refractivity contribution in [2.45, 2.75) is 52.0 Å². The molecule has 0 bridgehead atoms. The fourth-order valence-electron chi connectivity index (χ4n) is 1.96. The van der Waals surface area contributed by atoms with Crippen molar-refractivity contribution in [3.8, 4) is 0 Å². The summed E-state index contributed by atoms with van der Waals surface area (Å²) in [5, 5.41) is 3.43. The molecule has 0 amide bonds. The van der Waals surface area contributed by atoms with Crippen LogP contribution in [0.25, 0.3) is 0 Å². The highest BCUT2D eigenvalue weighted by Crippen LogP contribution is 2.17. The number of unbranched alkanes of at least 4 members (excludes halogenated alkanes) is 1. The molecule has 1 unspecified atom stereocenters. The Labute approximate surface area is 83.6 Å². The van der Waals surface area contributed by atoms with Crippen LogP contribution in [0.2, 0.25) is 0 Å². The summed E-state index contributed by atoms with van der Waals surface area (Å²) in [4.78, 5) is 0. The molecule has 0 spiro atoms. The summed E-state index contributed by atoms with van der Waals surface area (Å²) in [7, 11) is 2.08. The van der Waals surface area contributed by atoms with Crippen molar-refractivity contribution in [2.75, 3.05) is 7.05 Å². The quantitative estimate of drug-likeness (QED) is 0.449. The largest absolute Gasteiger partial charge is 0.317 e. The zero-order valence-electron chi connectivity index (χ0n) is 9.47. The molecule has 0 radical (unpaired) electrons. The maximum Gasteiger partial charge on any atom is 0.00922 e. The van der Waals surface area contributed by atoms with Crippen LogP contribution < -0.4 is 5.32 Å². The summed E-state index contributed by atoms with van der Waals surface area (Å²) < 4.78 is 0. The van der Waals surface area contributed by atoms with Crippen LogP contribution >= 0.6 is 0 Å². The predicted molar refractivity (Wildman–Crippen MR) is 61.0 cm³/mol. The van der Waals surface area contributed by atoms with Crippen molar-refractivity contribution in [3.63, 3.8) is 0 Å². The van der Waals surface area contributed by atoms with Crippen LogP contribution in [0.3, 0.4) is 0 Å². The van der Waals surface area contributed by atoms with Crippen LogP contribution in [0, 0.1) is 5.92 Å². The van der Waals surface area contributed by atoms with Crippen LogP contribution in [0.15, 0.2) is 12.7 Å². The van der Waals surface area contributed by atoms with Crippen molar-refractivity contribution in [2.24, 2.45) is 5.92 Å². The maximum absolute atomic E-state index is 3.75. The van der Waals surface area contributed by atoms with E-state index in [1.54, 1.807) is 0 Å². The van der Waals surface area contributed by atoms with Gasteiger partial charge in [0.25, 0.3) is 0 Å². The van der Waals surface area contributed by atoms with Gasteiger partial charge in [-0.05, 0) is 32.2 Å². The molecule has 0 fully saturated rings. The van der Waals surface area contributed by atoms with Gasteiger partial charge in [-0.25, -0.2) is 0 Å². The van der Waals surface area contributed by atoms with Crippen LogP contribution in [0.1, 0.15) is 46.0 Å². The van der Waals surface area contributed by atoms with Crippen LogP contribution in [-0.4, -0.2) is 13.1 Å². The molecular weight excluding hydrogens is 158 g/mol. The van der Waals surface area contributed by atoms with E-state index in [0.29, 0.717) is 6.04 Å². The van der Waals surface area contributed by atoms with Crippen LogP contribution in [-0.2, 0) is 0 Å². The summed E-state index contributed by atoms with van der Waals surface area (Å²) in [5.74, 6) is 0.842. The van der Waals surface area contributed by atoms with Gasteiger partial charge in [-0.15, -0.1) is 6.58 Å². The van der Waals surface area contributed by atoms with Gasteiger partial charge in [-0.2, -0.15) is 0 Å². The first kappa shape index (κ1) is 12.7. The first-order valence-corrected chi connectivity index (χ1v) is 5.58. The summed E-state index contributed by atoms with van der Waals surface area (Å²) in [6.45, 7) is 8.32. The second kappa shape index (κ2) is 8.31. The zero-order chi connectivity index (χ0) is 10.1. The Bertz CT molecular complexity index is 116. The number of allylic oxidation sites excluding steroid dienone is 1. The Morgan fingerprint density at radius 3 is 2.31 bits per heavy atom. The smallest absolute Gasteiger partial charge is 0.00922 e. The highest BCUT2D eigenvalue weighted by Gasteiger charge is 2.15. The molecule has 1 atom stereocenters. The van der Waals surface area contributed by atoms with E-state index >= 15 is 0 Å². The fourth-order valence-corrected chi connectivity index (χ4v) is 1.96. The van der Waals surface area contributed by atoms with Crippen molar-refractivity contribution >= 4 is 0 Å². The Balaban J connectivity index is 3.77. The van der Waals surface area contributed by atoms with E-state index < -0.39 is 0 Å². The molecule has 0 aliphatic rings. The lowest BCUT2D eigenvalue weighted by Gasteiger charge is -2.24. The van der Waals surface area contributed by atoms with E-state index in [1.165, 1.54) is 25.7 Å². The molecule has 0 aliphatic heterocycles. The molecule has 1 nitrogen and oxygen atoms in total. The fraction of sp³-hybridized carbons (Fsp3) is 0.833. The third-order valence-corrected chi connectivity index (χ3v) is 2.91. The highest BCUT2D eigenvalue weighted by molar-refractivity contribution is 4.75. The first-order valence-electron chi connectivity index (χ1n) is 5.58. The minimum atomic E-state index is 0.704. The van der Waals surface area contributed by atoms with Gasteiger partial charge in [0.1, 0.15) is 0 Å². The van der Waals surface area contributed by atoms with Crippen molar-refractivity contribution < 1.29 is 0 Å². The van der Waals surface area contributed by atoms with Gasteiger partial charge in [0.15, 0.2) is 0 Å². The number of rotatable bonds is 8. The van der Waals surface area contributed by atoms with Gasteiger partial charge in [0.2, 0.25) is 0 Å². The van der Waals surface area contributed by atoms with Gasteiger partial charge in [0.05, 0.1) is 0 Å². The summed E-state index contributed by atoms with van der Waals surface area (Å²) in [5.41, 5.74) is 0. The van der Waals surface area contributed by atoms with Gasteiger partial charge in [-0.3, -0.25) is 0 Å². The lowest BCUT2D eigenvalue weighted by atomic mass is 9.90. The average molecular weight is 183 g/mol. The molecule has 0 aliphatic carbocycles. The minimum absolute atomic E-state index is 0.704. The van der Waals surface area contributed by atoms with Crippen LogP contribution in [0.4, 0.5) is 0 Å². The molecule has 0 aromatic rings. The molecule has 0 heterocycles. The van der Waals surface area contributed by atoms with Crippen molar-refractivity contribution in [1.82, 2.24) is 5.32 Å². The summed E-state index contributed by atoms with van der Waals surface area (Å²) in [6, 6.07) is 0.704. The normalized spacial score (nSPS) is 13.2. The Morgan fingerprint density at radius 2 is 1.92 bits per heavy atom. The van der Waals surface area contributed by atoms with E-state index in [-0.39, 0.29) is 0 Å². The second-order valence-corrected chi connectivity index (χ2v) is 3.69. The van der Waals surface area contributed by atoms with Crippen molar-refractivity contribution in [1.29, 1.82) is 0 Å². The molecule has 1 heteroatoms. The van der Waals surface area contributed by atoms with Gasteiger partial charge in [0, 0.05) is 6.04 Å². The standard InChI is InChI=1S/C12H25N/c1-5-8-9-10-12(13-4)11(6-2)7-3/h5,11-13H,1,6-10H2,2-4H3. The topological polar surface area (TPSA) is 12.0 Å². The van der Waals surface area contributed by atoms with E-state index in [1.807, 2.05) is 6.08 Å². The van der Waals surface area contributed by atoms with Gasteiger partial charge >= 0.3 is 0 Å². The molecule has 0 saturated heterocycles.